The lowest BCUT2D eigenvalue weighted by Crippen LogP contribution is -2.55. The van der Waals surface area contributed by atoms with E-state index < -0.39 is 23.8 Å². The van der Waals surface area contributed by atoms with Gasteiger partial charge in [-0.3, -0.25) is 14.5 Å². The van der Waals surface area contributed by atoms with Gasteiger partial charge in [0, 0.05) is 36.7 Å². The Hall–Kier alpha value is -3.43. The zero-order valence-corrected chi connectivity index (χ0v) is 25.6. The van der Waals surface area contributed by atoms with Crippen molar-refractivity contribution in [2.45, 2.75) is 95.7 Å². The van der Waals surface area contributed by atoms with Crippen LogP contribution in [0, 0.1) is 0 Å². The summed E-state index contributed by atoms with van der Waals surface area (Å²) in [5.74, 6) is -0.120. The van der Waals surface area contributed by atoms with Crippen LogP contribution in [0.25, 0.3) is 0 Å². The van der Waals surface area contributed by atoms with Crippen molar-refractivity contribution < 1.29 is 29.0 Å². The lowest BCUT2D eigenvalue weighted by Gasteiger charge is -2.42. The molecular weight excluding hydrogens is 546 g/mol. The van der Waals surface area contributed by atoms with Gasteiger partial charge in [0.2, 0.25) is 0 Å². The number of carbonyl (C=O) groups excluding carboxylic acids is 3. The van der Waals surface area contributed by atoms with Crippen molar-refractivity contribution in [3.63, 3.8) is 0 Å². The van der Waals surface area contributed by atoms with Gasteiger partial charge in [-0.05, 0) is 81.3 Å². The van der Waals surface area contributed by atoms with Crippen LogP contribution in [-0.4, -0.2) is 93.8 Å². The smallest absolute Gasteiger partial charge is 0.410 e. The first-order valence-corrected chi connectivity index (χ1v) is 15.6. The number of amides is 3. The van der Waals surface area contributed by atoms with Crippen molar-refractivity contribution >= 4 is 17.9 Å². The Morgan fingerprint density at radius 1 is 1.07 bits per heavy atom. The van der Waals surface area contributed by atoms with E-state index in [0.717, 1.165) is 36.0 Å². The van der Waals surface area contributed by atoms with Crippen LogP contribution in [-0.2, 0) is 22.4 Å². The van der Waals surface area contributed by atoms with Gasteiger partial charge >= 0.3 is 6.09 Å². The zero-order valence-electron chi connectivity index (χ0n) is 25.6. The van der Waals surface area contributed by atoms with Crippen LogP contribution in [0.5, 0.6) is 0 Å². The molecular formula is C34H43N3O6. The predicted octanol–water partition coefficient (Wildman–Crippen LogP) is 4.36. The van der Waals surface area contributed by atoms with Gasteiger partial charge < -0.3 is 24.4 Å². The Balaban J connectivity index is 1.22. The number of fused-ring (bicyclic) bond motifs is 4. The summed E-state index contributed by atoms with van der Waals surface area (Å²) >= 11 is 0. The predicted molar refractivity (Wildman–Crippen MR) is 161 cm³/mol. The monoisotopic (exact) mass is 589 g/mol. The number of rotatable bonds is 5. The first-order chi connectivity index (χ1) is 20.5. The molecule has 9 nitrogen and oxygen atoms in total. The lowest BCUT2D eigenvalue weighted by atomic mass is 9.85. The molecule has 4 aliphatic heterocycles. The van der Waals surface area contributed by atoms with Crippen LogP contribution in [0.15, 0.2) is 42.5 Å². The highest BCUT2D eigenvalue weighted by atomic mass is 16.6. The molecule has 43 heavy (non-hydrogen) atoms. The van der Waals surface area contributed by atoms with E-state index in [9.17, 15) is 19.5 Å². The van der Waals surface area contributed by atoms with Gasteiger partial charge in [-0.15, -0.1) is 0 Å². The summed E-state index contributed by atoms with van der Waals surface area (Å²) in [5, 5.41) is 11.6. The summed E-state index contributed by atoms with van der Waals surface area (Å²) in [5.41, 5.74) is 3.52. The summed E-state index contributed by atoms with van der Waals surface area (Å²) in [4.78, 5) is 45.9. The third-order valence-corrected chi connectivity index (χ3v) is 9.43. The molecule has 2 aromatic rings. The molecule has 2 aromatic carbocycles. The molecule has 6 rings (SSSR count). The van der Waals surface area contributed by atoms with E-state index in [1.54, 1.807) is 21.9 Å². The molecule has 4 heterocycles. The Kier molecular flexibility index (Phi) is 7.98. The molecule has 0 spiro atoms. The minimum absolute atomic E-state index is 0.0126. The Morgan fingerprint density at radius 3 is 2.44 bits per heavy atom. The molecule has 0 saturated carbocycles. The number of benzene rings is 2. The van der Waals surface area contributed by atoms with E-state index in [-0.39, 0.29) is 36.4 Å². The second-order valence-electron chi connectivity index (χ2n) is 13.5. The molecule has 5 atom stereocenters. The molecule has 5 unspecified atom stereocenters. The SMILES string of the molecule is CCC1CN(CC(O)C2Cc3ccccc3CN2C(=O)OC(C)(C)C)C(=O)c2ccc(C(=O)N3C4CCC3COC4)cc21. The molecule has 2 bridgehead atoms. The fourth-order valence-corrected chi connectivity index (χ4v) is 7.22. The van der Waals surface area contributed by atoms with Crippen molar-refractivity contribution in [3.05, 3.63) is 70.3 Å². The van der Waals surface area contributed by atoms with Crippen molar-refractivity contribution in [1.82, 2.24) is 14.7 Å². The molecule has 0 radical (unpaired) electrons. The van der Waals surface area contributed by atoms with E-state index in [1.807, 2.05) is 56.0 Å². The maximum atomic E-state index is 13.8. The van der Waals surface area contributed by atoms with Crippen molar-refractivity contribution in [3.8, 4) is 0 Å². The summed E-state index contributed by atoms with van der Waals surface area (Å²) in [6.45, 7) is 9.60. The standard InChI is InChI=1S/C34H43N3O6/c1-5-21-16-35(18-30(38)29-15-22-8-6-7-9-24(22)17-36(29)33(41)43-34(2,3)4)32(40)27-13-10-23(14-28(21)27)31(39)37-25-11-12-26(37)20-42-19-25/h6-10,13-14,21,25-26,29-30,38H,5,11-12,15-20H2,1-4H3. The Labute approximate surface area is 253 Å². The van der Waals surface area contributed by atoms with Gasteiger partial charge in [-0.25, -0.2) is 4.79 Å². The maximum Gasteiger partial charge on any atom is 0.410 e. The highest BCUT2D eigenvalue weighted by Crippen LogP contribution is 2.35. The number of hydrogen-bond acceptors (Lipinski definition) is 6. The molecule has 0 aliphatic carbocycles. The van der Waals surface area contributed by atoms with Crippen LogP contribution in [0.1, 0.15) is 90.3 Å². The van der Waals surface area contributed by atoms with Gasteiger partial charge in [0.25, 0.3) is 11.8 Å². The first-order valence-electron chi connectivity index (χ1n) is 15.6. The second kappa shape index (κ2) is 11.6. The van der Waals surface area contributed by atoms with Crippen LogP contribution >= 0.6 is 0 Å². The topological polar surface area (TPSA) is 99.6 Å². The third-order valence-electron chi connectivity index (χ3n) is 9.43. The van der Waals surface area contributed by atoms with Crippen LogP contribution in [0.2, 0.25) is 0 Å². The summed E-state index contributed by atoms with van der Waals surface area (Å²) in [6, 6.07) is 13.1. The lowest BCUT2D eigenvalue weighted by molar-refractivity contribution is -0.0186. The quantitative estimate of drug-likeness (QED) is 0.557. The molecule has 2 fully saturated rings. The number of aliphatic hydroxyl groups excluding tert-OH is 1. The fourth-order valence-electron chi connectivity index (χ4n) is 7.22. The maximum absolute atomic E-state index is 13.8. The van der Waals surface area contributed by atoms with Crippen LogP contribution in [0.4, 0.5) is 4.79 Å². The zero-order chi connectivity index (χ0) is 30.5. The van der Waals surface area contributed by atoms with Gasteiger partial charge in [-0.1, -0.05) is 31.2 Å². The third kappa shape index (κ3) is 5.77. The summed E-state index contributed by atoms with van der Waals surface area (Å²) in [7, 11) is 0. The van der Waals surface area contributed by atoms with E-state index in [0.29, 0.717) is 43.9 Å². The minimum Gasteiger partial charge on any atom is -0.444 e. The number of morpholine rings is 1. The van der Waals surface area contributed by atoms with Gasteiger partial charge in [0.1, 0.15) is 5.60 Å². The first kappa shape index (κ1) is 29.6. The van der Waals surface area contributed by atoms with Crippen molar-refractivity contribution in [2.75, 3.05) is 26.3 Å². The number of aliphatic hydroxyl groups is 1. The molecule has 1 N–H and O–H groups in total. The largest absolute Gasteiger partial charge is 0.444 e. The fraction of sp³-hybridized carbons (Fsp3) is 0.559. The van der Waals surface area contributed by atoms with Crippen molar-refractivity contribution in [2.24, 2.45) is 0 Å². The van der Waals surface area contributed by atoms with Gasteiger partial charge in [0.15, 0.2) is 0 Å². The molecule has 0 aromatic heterocycles. The minimum atomic E-state index is -0.971. The molecule has 3 amide bonds. The highest BCUT2D eigenvalue weighted by molar-refractivity contribution is 6.00. The number of β-amino-alcohol motifs (C(OH)–C–C–N with tert-alkyl or cyclic N) is 1. The number of ether oxygens (including phenoxy) is 2. The van der Waals surface area contributed by atoms with Gasteiger partial charge in [-0.2, -0.15) is 0 Å². The number of nitrogens with zero attached hydrogens (tertiary/aromatic N) is 3. The Morgan fingerprint density at radius 2 is 1.77 bits per heavy atom. The second-order valence-corrected chi connectivity index (χ2v) is 13.5. The van der Waals surface area contributed by atoms with Crippen molar-refractivity contribution in [1.29, 1.82) is 0 Å². The molecule has 230 valence electrons. The normalized spacial score (nSPS) is 25.7. The highest BCUT2D eigenvalue weighted by Gasteiger charge is 2.42. The van der Waals surface area contributed by atoms with Gasteiger partial charge in [0.05, 0.1) is 37.4 Å². The van der Waals surface area contributed by atoms with Crippen LogP contribution in [0.3, 0.4) is 0 Å². The molecule has 2 saturated heterocycles. The van der Waals surface area contributed by atoms with E-state index in [2.05, 4.69) is 6.92 Å². The van der Waals surface area contributed by atoms with Crippen LogP contribution < -0.4 is 0 Å². The number of carbonyl (C=O) groups is 3. The summed E-state index contributed by atoms with van der Waals surface area (Å²) in [6.07, 6.45) is 1.75. The summed E-state index contributed by atoms with van der Waals surface area (Å²) < 4.78 is 11.4. The number of hydrogen-bond donors (Lipinski definition) is 1. The van der Waals surface area contributed by atoms with E-state index in [1.165, 1.54) is 0 Å². The average Bonchev–Trinajstić information content (AvgIpc) is 3.23. The van der Waals surface area contributed by atoms with E-state index in [4.69, 9.17) is 9.47 Å². The Bertz CT molecular complexity index is 1390. The molecule has 9 heteroatoms. The molecule has 4 aliphatic rings. The van der Waals surface area contributed by atoms with E-state index >= 15 is 0 Å². The average molecular weight is 590 g/mol.